The lowest BCUT2D eigenvalue weighted by atomic mass is 10.0. The second-order valence-electron chi connectivity index (χ2n) is 4.34. The van der Waals surface area contributed by atoms with Gasteiger partial charge in [0.05, 0.1) is 17.5 Å². The summed E-state index contributed by atoms with van der Waals surface area (Å²) in [5, 5.41) is 12.3. The Bertz CT molecular complexity index is 459. The molecule has 7 heteroatoms. The Kier molecular flexibility index (Phi) is 9.11. The highest BCUT2D eigenvalue weighted by Crippen LogP contribution is 2.27. The quantitative estimate of drug-likeness (QED) is 0.918. The van der Waals surface area contributed by atoms with Gasteiger partial charge in [-0.3, -0.25) is 4.90 Å². The Morgan fingerprint density at radius 2 is 2.00 bits per heavy atom. The molecule has 0 spiro atoms. The molecule has 1 atom stereocenters. The van der Waals surface area contributed by atoms with E-state index in [1.807, 2.05) is 0 Å². The van der Waals surface area contributed by atoms with E-state index in [4.69, 9.17) is 16.9 Å². The molecular weight excluding hydrogens is 324 g/mol. The zero-order valence-corrected chi connectivity index (χ0v) is 13.2. The van der Waals surface area contributed by atoms with E-state index in [1.54, 1.807) is 12.1 Å². The van der Waals surface area contributed by atoms with Crippen LogP contribution < -0.4 is 5.32 Å². The second kappa shape index (κ2) is 9.38. The summed E-state index contributed by atoms with van der Waals surface area (Å²) in [6.45, 7) is 3.54. The van der Waals surface area contributed by atoms with Crippen LogP contribution in [-0.2, 0) is 0 Å². The van der Waals surface area contributed by atoms with Gasteiger partial charge in [0.25, 0.3) is 0 Å². The lowest BCUT2D eigenvalue weighted by molar-refractivity contribution is 0.175. The van der Waals surface area contributed by atoms with E-state index in [1.165, 1.54) is 6.07 Å². The highest BCUT2D eigenvalue weighted by Gasteiger charge is 2.22. The third kappa shape index (κ3) is 4.76. The summed E-state index contributed by atoms with van der Waals surface area (Å²) < 4.78 is 13.5. The first-order chi connectivity index (χ1) is 8.72. The number of rotatable bonds is 3. The summed E-state index contributed by atoms with van der Waals surface area (Å²) in [4.78, 5) is 2.21. The van der Waals surface area contributed by atoms with E-state index in [-0.39, 0.29) is 35.9 Å². The van der Waals surface area contributed by atoms with Crippen LogP contribution in [0.5, 0.6) is 0 Å². The third-order valence-corrected chi connectivity index (χ3v) is 3.51. The monoisotopic (exact) mass is 339 g/mol. The van der Waals surface area contributed by atoms with Crippen LogP contribution in [0.2, 0.25) is 5.02 Å². The van der Waals surface area contributed by atoms with Gasteiger partial charge in [0.1, 0.15) is 5.82 Å². The fourth-order valence-corrected chi connectivity index (χ4v) is 2.38. The Balaban J connectivity index is 0.00000180. The first kappa shape index (κ1) is 19.4. The molecule has 1 N–H and O–H groups in total. The predicted molar refractivity (Wildman–Crippen MR) is 83.3 cm³/mol. The number of nitriles is 1. The Hall–Kier alpha value is -0.570. The summed E-state index contributed by atoms with van der Waals surface area (Å²) >= 11 is 5.68. The summed E-state index contributed by atoms with van der Waals surface area (Å²) in [6, 6.07) is 6.92. The van der Waals surface area contributed by atoms with Gasteiger partial charge in [-0.2, -0.15) is 5.26 Å². The first-order valence-corrected chi connectivity index (χ1v) is 6.37. The van der Waals surface area contributed by atoms with Crippen molar-refractivity contribution in [2.24, 2.45) is 0 Å². The maximum absolute atomic E-state index is 13.5. The summed E-state index contributed by atoms with van der Waals surface area (Å²) in [6.07, 6.45) is 0.362. The first-order valence-electron chi connectivity index (χ1n) is 5.99. The highest BCUT2D eigenvalue weighted by molar-refractivity contribution is 6.30. The summed E-state index contributed by atoms with van der Waals surface area (Å²) in [5.74, 6) is -0.424. The molecule has 1 aromatic rings. The van der Waals surface area contributed by atoms with Crippen LogP contribution in [0.25, 0.3) is 0 Å². The number of hydrogen-bond donors (Lipinski definition) is 1. The van der Waals surface area contributed by atoms with E-state index in [2.05, 4.69) is 16.3 Å². The predicted octanol–water partition coefficient (Wildman–Crippen LogP) is 3.18. The number of piperazine rings is 1. The Morgan fingerprint density at radius 1 is 1.35 bits per heavy atom. The average Bonchev–Trinajstić information content (AvgIpc) is 2.40. The molecule has 20 heavy (non-hydrogen) atoms. The molecule has 1 aliphatic rings. The molecule has 0 unspecified atom stereocenters. The van der Waals surface area contributed by atoms with Crippen molar-refractivity contribution in [3.63, 3.8) is 0 Å². The van der Waals surface area contributed by atoms with E-state index in [0.29, 0.717) is 6.42 Å². The second-order valence-corrected chi connectivity index (χ2v) is 4.74. The molecule has 0 bridgehead atoms. The molecule has 1 heterocycles. The summed E-state index contributed by atoms with van der Waals surface area (Å²) in [5.41, 5.74) is 0.820. The van der Waals surface area contributed by atoms with Gasteiger partial charge >= 0.3 is 0 Å². The van der Waals surface area contributed by atoms with Gasteiger partial charge in [0.15, 0.2) is 0 Å². The maximum atomic E-state index is 13.5. The van der Waals surface area contributed by atoms with Crippen LogP contribution in [0.15, 0.2) is 18.2 Å². The normalized spacial score (nSPS) is 16.4. The molecule has 0 saturated carbocycles. The lowest BCUT2D eigenvalue weighted by Gasteiger charge is -2.34. The van der Waals surface area contributed by atoms with Gasteiger partial charge < -0.3 is 5.32 Å². The van der Waals surface area contributed by atoms with Crippen molar-refractivity contribution >= 4 is 36.4 Å². The van der Waals surface area contributed by atoms with Crippen LogP contribution in [0.4, 0.5) is 4.39 Å². The van der Waals surface area contributed by atoms with Crippen molar-refractivity contribution in [3.05, 3.63) is 34.6 Å². The van der Waals surface area contributed by atoms with Gasteiger partial charge in [-0.1, -0.05) is 17.7 Å². The van der Waals surface area contributed by atoms with E-state index >= 15 is 0 Å². The van der Waals surface area contributed by atoms with Gasteiger partial charge in [-0.25, -0.2) is 4.39 Å². The molecule has 1 fully saturated rings. The third-order valence-electron chi connectivity index (χ3n) is 3.21. The average molecular weight is 341 g/mol. The SMILES string of the molecule is Cl.Cl.N#CC[C@H](c1ccc(Cl)c(F)c1)N1CCNCC1. The Labute approximate surface area is 135 Å². The number of hydrogen-bond acceptors (Lipinski definition) is 3. The van der Waals surface area contributed by atoms with E-state index in [0.717, 1.165) is 31.7 Å². The minimum absolute atomic E-state index is 0. The smallest absolute Gasteiger partial charge is 0.142 e. The van der Waals surface area contributed by atoms with Crippen LogP contribution >= 0.6 is 36.4 Å². The number of halogens is 4. The molecule has 3 nitrogen and oxygen atoms in total. The number of nitrogens with zero attached hydrogens (tertiary/aromatic N) is 2. The van der Waals surface area contributed by atoms with E-state index in [9.17, 15) is 4.39 Å². The minimum atomic E-state index is -0.424. The molecule has 2 rings (SSSR count). The van der Waals surface area contributed by atoms with E-state index < -0.39 is 5.82 Å². The van der Waals surface area contributed by atoms with Crippen LogP contribution in [0, 0.1) is 17.1 Å². The fraction of sp³-hybridized carbons (Fsp3) is 0.462. The van der Waals surface area contributed by atoms with Gasteiger partial charge in [0, 0.05) is 32.2 Å². The molecule has 112 valence electrons. The Morgan fingerprint density at radius 3 is 2.55 bits per heavy atom. The van der Waals surface area contributed by atoms with Crippen molar-refractivity contribution in [1.29, 1.82) is 5.26 Å². The molecule has 1 aliphatic heterocycles. The molecule has 0 radical (unpaired) electrons. The maximum Gasteiger partial charge on any atom is 0.142 e. The molecule has 0 aliphatic carbocycles. The number of benzene rings is 1. The zero-order valence-electron chi connectivity index (χ0n) is 10.8. The van der Waals surface area contributed by atoms with Gasteiger partial charge in [0.2, 0.25) is 0 Å². The molecule has 0 amide bonds. The van der Waals surface area contributed by atoms with Crippen LogP contribution in [-0.4, -0.2) is 31.1 Å². The largest absolute Gasteiger partial charge is 0.314 e. The summed E-state index contributed by atoms with van der Waals surface area (Å²) in [7, 11) is 0. The van der Waals surface area contributed by atoms with Crippen molar-refractivity contribution in [3.8, 4) is 6.07 Å². The van der Waals surface area contributed by atoms with Crippen molar-refractivity contribution < 1.29 is 4.39 Å². The fourth-order valence-electron chi connectivity index (χ4n) is 2.26. The minimum Gasteiger partial charge on any atom is -0.314 e. The van der Waals surface area contributed by atoms with Crippen LogP contribution in [0.3, 0.4) is 0 Å². The molecule has 0 aromatic heterocycles. The molecule has 1 aromatic carbocycles. The molecule has 1 saturated heterocycles. The van der Waals surface area contributed by atoms with Crippen molar-refractivity contribution in [2.75, 3.05) is 26.2 Å². The van der Waals surface area contributed by atoms with Crippen molar-refractivity contribution in [2.45, 2.75) is 12.5 Å². The zero-order chi connectivity index (χ0) is 13.0. The van der Waals surface area contributed by atoms with Crippen molar-refractivity contribution in [1.82, 2.24) is 10.2 Å². The van der Waals surface area contributed by atoms with Gasteiger partial charge in [-0.05, 0) is 17.7 Å². The molecular formula is C13H17Cl3FN3. The number of nitrogens with one attached hydrogen (secondary N) is 1. The van der Waals surface area contributed by atoms with Crippen LogP contribution in [0.1, 0.15) is 18.0 Å². The highest BCUT2D eigenvalue weighted by atomic mass is 35.5. The lowest BCUT2D eigenvalue weighted by Crippen LogP contribution is -2.45. The van der Waals surface area contributed by atoms with Gasteiger partial charge in [-0.15, -0.1) is 24.8 Å². The standard InChI is InChI=1S/C13H15ClFN3.2ClH/c14-11-2-1-10(9-12(11)15)13(3-4-16)18-7-5-17-6-8-18;;/h1-2,9,13,17H,3,5-8H2;2*1H/t13-;;/m1../s1. The topological polar surface area (TPSA) is 39.1 Å².